The molecule has 1 aliphatic heterocycles. The summed E-state index contributed by atoms with van der Waals surface area (Å²) in [6.07, 6.45) is 2.25. The molecule has 3 aromatic carbocycles. The maximum atomic E-state index is 12.8. The largest absolute Gasteiger partial charge is 0.478 e. The summed E-state index contributed by atoms with van der Waals surface area (Å²) in [5, 5.41) is 15.9. The summed E-state index contributed by atoms with van der Waals surface area (Å²) in [7, 11) is 0. The summed E-state index contributed by atoms with van der Waals surface area (Å²) in [6.45, 7) is 6.28. The molecule has 0 bridgehead atoms. The number of carbonyl (C=O) groups excluding carboxylic acids is 1. The fourth-order valence-corrected chi connectivity index (χ4v) is 4.32. The van der Waals surface area contributed by atoms with Crippen LogP contribution in [0.15, 0.2) is 66.7 Å². The lowest BCUT2D eigenvalue weighted by molar-refractivity contribution is 0.0696. The number of carboxylic acid groups (broad SMARTS) is 1. The Labute approximate surface area is 194 Å². The molecule has 0 spiro atoms. The molecule has 1 fully saturated rings. The summed E-state index contributed by atoms with van der Waals surface area (Å²) < 4.78 is 0. The Hall–Kier alpha value is -3.44. The Morgan fingerprint density at radius 2 is 1.55 bits per heavy atom. The predicted molar refractivity (Wildman–Crippen MR) is 132 cm³/mol. The number of anilines is 1. The van der Waals surface area contributed by atoms with E-state index in [0.717, 1.165) is 42.6 Å². The van der Waals surface area contributed by atoms with Gasteiger partial charge in [-0.05, 0) is 90.4 Å². The Balaban J connectivity index is 1.57. The number of carbonyl (C=O) groups is 2. The molecule has 33 heavy (non-hydrogen) atoms. The van der Waals surface area contributed by atoms with Crippen molar-refractivity contribution >= 4 is 17.6 Å². The number of aromatic carboxylic acids is 1. The Bertz CT molecular complexity index is 1130. The summed E-state index contributed by atoms with van der Waals surface area (Å²) in [5.41, 5.74) is 5.30. The van der Waals surface area contributed by atoms with E-state index in [2.05, 4.69) is 36.6 Å². The number of hydrogen-bond donors (Lipinski definition) is 3. The lowest BCUT2D eigenvalue weighted by Crippen LogP contribution is -2.26. The van der Waals surface area contributed by atoms with Crippen LogP contribution in [0.25, 0.3) is 11.1 Å². The molecular formula is C28H30N2O3. The molecular weight excluding hydrogens is 412 g/mol. The number of rotatable bonds is 6. The molecule has 0 aliphatic carbocycles. The molecule has 3 aromatic rings. The van der Waals surface area contributed by atoms with Crippen molar-refractivity contribution in [2.24, 2.45) is 0 Å². The average molecular weight is 443 g/mol. The fourth-order valence-electron chi connectivity index (χ4n) is 4.32. The second-order valence-electron chi connectivity index (χ2n) is 8.98. The zero-order valence-corrected chi connectivity index (χ0v) is 19.1. The van der Waals surface area contributed by atoms with Crippen LogP contribution >= 0.6 is 0 Å². The smallest absolute Gasteiger partial charge is 0.335 e. The third-order valence-electron chi connectivity index (χ3n) is 6.33. The van der Waals surface area contributed by atoms with E-state index in [1.54, 1.807) is 18.2 Å². The molecule has 0 radical (unpaired) electrons. The topological polar surface area (TPSA) is 78.4 Å². The summed E-state index contributed by atoms with van der Waals surface area (Å²) in [5.74, 6) is -0.347. The van der Waals surface area contributed by atoms with Gasteiger partial charge >= 0.3 is 5.97 Å². The van der Waals surface area contributed by atoms with Crippen molar-refractivity contribution < 1.29 is 14.7 Å². The van der Waals surface area contributed by atoms with E-state index in [4.69, 9.17) is 0 Å². The molecule has 1 heterocycles. The molecule has 4 rings (SSSR count). The maximum Gasteiger partial charge on any atom is 0.335 e. The highest BCUT2D eigenvalue weighted by Crippen LogP contribution is 2.30. The first-order valence-electron chi connectivity index (χ1n) is 11.5. The predicted octanol–water partition coefficient (Wildman–Crippen LogP) is 5.89. The van der Waals surface area contributed by atoms with E-state index in [-0.39, 0.29) is 11.5 Å². The van der Waals surface area contributed by atoms with Crippen molar-refractivity contribution in [3.63, 3.8) is 0 Å². The first kappa shape index (κ1) is 22.7. The van der Waals surface area contributed by atoms with E-state index in [1.165, 1.54) is 11.6 Å². The van der Waals surface area contributed by atoms with Gasteiger partial charge in [0, 0.05) is 11.3 Å². The minimum absolute atomic E-state index is 0.139. The van der Waals surface area contributed by atoms with Crippen LogP contribution in [0.2, 0.25) is 0 Å². The van der Waals surface area contributed by atoms with Gasteiger partial charge in [-0.1, -0.05) is 50.2 Å². The molecule has 3 N–H and O–H groups in total. The van der Waals surface area contributed by atoms with Gasteiger partial charge in [0.25, 0.3) is 5.91 Å². The molecule has 5 heteroatoms. The zero-order chi connectivity index (χ0) is 23.4. The van der Waals surface area contributed by atoms with Gasteiger partial charge in [-0.2, -0.15) is 0 Å². The van der Waals surface area contributed by atoms with Gasteiger partial charge in [0.15, 0.2) is 0 Å². The number of piperidine rings is 1. The lowest BCUT2D eigenvalue weighted by atomic mass is 9.89. The molecule has 1 aliphatic rings. The second-order valence-corrected chi connectivity index (χ2v) is 8.98. The van der Waals surface area contributed by atoms with Gasteiger partial charge in [0.05, 0.1) is 5.56 Å². The van der Waals surface area contributed by atoms with Gasteiger partial charge in [-0.25, -0.2) is 4.79 Å². The molecule has 1 amide bonds. The third kappa shape index (κ3) is 5.49. The Morgan fingerprint density at radius 1 is 0.879 bits per heavy atom. The second kappa shape index (κ2) is 10.0. The van der Waals surface area contributed by atoms with Gasteiger partial charge in [-0.3, -0.25) is 4.79 Å². The first-order valence-corrected chi connectivity index (χ1v) is 11.5. The van der Waals surface area contributed by atoms with Gasteiger partial charge < -0.3 is 15.7 Å². The van der Waals surface area contributed by atoms with Crippen LogP contribution in [0.1, 0.15) is 70.4 Å². The molecule has 5 nitrogen and oxygen atoms in total. The molecule has 0 aromatic heterocycles. The van der Waals surface area contributed by atoms with E-state index in [1.807, 2.05) is 30.3 Å². The van der Waals surface area contributed by atoms with Crippen molar-refractivity contribution in [2.45, 2.75) is 38.5 Å². The third-order valence-corrected chi connectivity index (χ3v) is 6.33. The van der Waals surface area contributed by atoms with Crippen molar-refractivity contribution in [3.05, 3.63) is 89.0 Å². The standard InChI is InChI=1S/C28H30N2O3/c1-18(2)19-3-9-23(10-4-19)27(31)30-26-16-24(15-25(17-26)28(32)33)21-7-5-20(6-8-21)22-11-13-29-14-12-22/h3-10,15-18,22,29H,11-14H2,1-2H3,(H,30,31)(H,32,33). The molecule has 170 valence electrons. The van der Waals surface area contributed by atoms with Crippen LogP contribution in [-0.2, 0) is 0 Å². The first-order chi connectivity index (χ1) is 15.9. The number of carboxylic acids is 1. The van der Waals surface area contributed by atoms with E-state index in [9.17, 15) is 14.7 Å². The van der Waals surface area contributed by atoms with Gasteiger partial charge in [0.1, 0.15) is 0 Å². The van der Waals surface area contributed by atoms with Crippen LogP contribution in [0.4, 0.5) is 5.69 Å². The fraction of sp³-hybridized carbons (Fsp3) is 0.286. The van der Waals surface area contributed by atoms with Crippen LogP contribution in [0.5, 0.6) is 0 Å². The number of amides is 1. The highest BCUT2D eigenvalue weighted by Gasteiger charge is 2.16. The Morgan fingerprint density at radius 3 is 2.15 bits per heavy atom. The maximum absolute atomic E-state index is 12.8. The van der Waals surface area contributed by atoms with Crippen molar-refractivity contribution in [2.75, 3.05) is 18.4 Å². The minimum atomic E-state index is -1.03. The van der Waals surface area contributed by atoms with Crippen molar-refractivity contribution in [1.29, 1.82) is 0 Å². The van der Waals surface area contributed by atoms with Crippen LogP contribution < -0.4 is 10.6 Å². The molecule has 0 unspecified atom stereocenters. The monoisotopic (exact) mass is 442 g/mol. The highest BCUT2D eigenvalue weighted by molar-refractivity contribution is 6.05. The lowest BCUT2D eigenvalue weighted by Gasteiger charge is -2.23. The van der Waals surface area contributed by atoms with E-state index < -0.39 is 5.97 Å². The molecule has 0 saturated carbocycles. The van der Waals surface area contributed by atoms with E-state index in [0.29, 0.717) is 23.1 Å². The van der Waals surface area contributed by atoms with Gasteiger partial charge in [-0.15, -0.1) is 0 Å². The Kier molecular flexibility index (Phi) is 6.90. The minimum Gasteiger partial charge on any atom is -0.478 e. The summed E-state index contributed by atoms with van der Waals surface area (Å²) in [4.78, 5) is 24.5. The van der Waals surface area contributed by atoms with Crippen LogP contribution in [0.3, 0.4) is 0 Å². The molecule has 1 saturated heterocycles. The summed E-state index contributed by atoms with van der Waals surface area (Å²) in [6, 6.07) is 20.8. The number of benzene rings is 3. The van der Waals surface area contributed by atoms with Gasteiger partial charge in [0.2, 0.25) is 0 Å². The van der Waals surface area contributed by atoms with Crippen LogP contribution in [0, 0.1) is 0 Å². The molecule has 0 atom stereocenters. The van der Waals surface area contributed by atoms with Crippen LogP contribution in [-0.4, -0.2) is 30.1 Å². The average Bonchev–Trinajstić information content (AvgIpc) is 2.84. The van der Waals surface area contributed by atoms with Crippen molar-refractivity contribution in [1.82, 2.24) is 5.32 Å². The number of hydrogen-bond acceptors (Lipinski definition) is 3. The van der Waals surface area contributed by atoms with Crippen molar-refractivity contribution in [3.8, 4) is 11.1 Å². The summed E-state index contributed by atoms with van der Waals surface area (Å²) >= 11 is 0. The normalized spacial score (nSPS) is 14.3. The highest BCUT2D eigenvalue weighted by atomic mass is 16.4. The quantitative estimate of drug-likeness (QED) is 0.444. The SMILES string of the molecule is CC(C)c1ccc(C(=O)Nc2cc(C(=O)O)cc(-c3ccc(C4CCNCC4)cc3)c2)cc1. The number of nitrogens with one attached hydrogen (secondary N) is 2. The van der Waals surface area contributed by atoms with E-state index >= 15 is 0 Å². The zero-order valence-electron chi connectivity index (χ0n) is 19.1.